The number of likely N-dealkylation sites (N-methyl/N-ethyl adjacent to an activating group) is 1. The van der Waals surface area contributed by atoms with E-state index in [1.165, 1.54) is 52.1 Å². The van der Waals surface area contributed by atoms with Gasteiger partial charge in [-0.05, 0) is 46.1 Å². The molecule has 100 valence electrons. The molecule has 4 heteroatoms. The molecule has 2 rings (SSSR count). The van der Waals surface area contributed by atoms with Crippen molar-refractivity contribution in [2.75, 3.05) is 72.6 Å². The summed E-state index contributed by atoms with van der Waals surface area (Å²) in [5, 5.41) is 0. The molecular weight excluding hydrogens is 214 g/mol. The second-order valence-corrected chi connectivity index (χ2v) is 5.31. The van der Waals surface area contributed by atoms with Gasteiger partial charge in [0.05, 0.1) is 13.2 Å². The van der Waals surface area contributed by atoms with Crippen LogP contribution in [0.25, 0.3) is 0 Å². The summed E-state index contributed by atoms with van der Waals surface area (Å²) < 4.78 is 5.37. The van der Waals surface area contributed by atoms with E-state index in [0.717, 1.165) is 26.3 Å². The maximum absolute atomic E-state index is 5.37. The number of rotatable bonds is 4. The lowest BCUT2D eigenvalue weighted by Gasteiger charge is -2.28. The third kappa shape index (κ3) is 4.92. The topological polar surface area (TPSA) is 19.0 Å². The van der Waals surface area contributed by atoms with Crippen LogP contribution in [0.3, 0.4) is 0 Å². The van der Waals surface area contributed by atoms with E-state index in [9.17, 15) is 0 Å². The van der Waals surface area contributed by atoms with Gasteiger partial charge in [-0.15, -0.1) is 0 Å². The number of morpholine rings is 1. The highest BCUT2D eigenvalue weighted by Gasteiger charge is 2.13. The van der Waals surface area contributed by atoms with Crippen molar-refractivity contribution in [3.63, 3.8) is 0 Å². The molecular formula is C13H27N3O. The minimum atomic E-state index is 0.925. The fourth-order valence-electron chi connectivity index (χ4n) is 2.67. The Bertz CT molecular complexity index is 207. The Morgan fingerprint density at radius 3 is 2.29 bits per heavy atom. The molecule has 2 heterocycles. The van der Waals surface area contributed by atoms with Crippen LogP contribution in [0.2, 0.25) is 0 Å². The largest absolute Gasteiger partial charge is 0.379 e. The summed E-state index contributed by atoms with van der Waals surface area (Å²) in [6.45, 7) is 11.7. The molecule has 0 atom stereocenters. The van der Waals surface area contributed by atoms with E-state index in [0.29, 0.717) is 0 Å². The van der Waals surface area contributed by atoms with Crippen LogP contribution in [0.15, 0.2) is 0 Å². The van der Waals surface area contributed by atoms with E-state index in [1.54, 1.807) is 0 Å². The lowest BCUT2D eigenvalue weighted by atomic mass is 10.3. The first-order chi connectivity index (χ1) is 8.34. The van der Waals surface area contributed by atoms with E-state index in [4.69, 9.17) is 4.74 Å². The first-order valence-corrected chi connectivity index (χ1v) is 7.05. The van der Waals surface area contributed by atoms with E-state index < -0.39 is 0 Å². The van der Waals surface area contributed by atoms with Gasteiger partial charge in [0.2, 0.25) is 0 Å². The minimum absolute atomic E-state index is 0.925. The van der Waals surface area contributed by atoms with Crippen LogP contribution in [0.1, 0.15) is 12.8 Å². The van der Waals surface area contributed by atoms with Crippen LogP contribution >= 0.6 is 0 Å². The van der Waals surface area contributed by atoms with Gasteiger partial charge in [-0.1, -0.05) is 0 Å². The Morgan fingerprint density at radius 1 is 0.824 bits per heavy atom. The van der Waals surface area contributed by atoms with Crippen molar-refractivity contribution < 1.29 is 4.74 Å². The molecule has 0 spiro atoms. The normalized spacial score (nSPS) is 25.9. The van der Waals surface area contributed by atoms with Crippen LogP contribution in [-0.2, 0) is 4.74 Å². The Morgan fingerprint density at radius 2 is 1.53 bits per heavy atom. The molecule has 0 aromatic rings. The zero-order chi connectivity index (χ0) is 11.9. The third-order valence-electron chi connectivity index (χ3n) is 3.86. The molecule has 0 N–H and O–H groups in total. The highest BCUT2D eigenvalue weighted by atomic mass is 16.5. The maximum atomic E-state index is 5.37. The Labute approximate surface area is 105 Å². The summed E-state index contributed by atoms with van der Waals surface area (Å²) in [5.74, 6) is 0. The average molecular weight is 241 g/mol. The second kappa shape index (κ2) is 7.31. The van der Waals surface area contributed by atoms with Crippen LogP contribution in [0, 0.1) is 0 Å². The summed E-state index contributed by atoms with van der Waals surface area (Å²) in [6.07, 6.45) is 2.64. The van der Waals surface area contributed by atoms with Crippen molar-refractivity contribution in [1.82, 2.24) is 14.7 Å². The lowest BCUT2D eigenvalue weighted by molar-refractivity contribution is 0.0361. The molecule has 0 amide bonds. The fourth-order valence-corrected chi connectivity index (χ4v) is 2.67. The average Bonchev–Trinajstić information content (AvgIpc) is 2.56. The van der Waals surface area contributed by atoms with Crippen molar-refractivity contribution >= 4 is 0 Å². The predicted octanol–water partition coefficient (Wildman–Crippen LogP) is 0.346. The van der Waals surface area contributed by atoms with Crippen LogP contribution in [-0.4, -0.2) is 87.3 Å². The zero-order valence-electron chi connectivity index (χ0n) is 11.2. The fraction of sp³-hybridized carbons (Fsp3) is 1.00. The summed E-state index contributed by atoms with van der Waals surface area (Å²) in [7, 11) is 2.23. The van der Waals surface area contributed by atoms with E-state index in [2.05, 4.69) is 21.7 Å². The highest BCUT2D eigenvalue weighted by Crippen LogP contribution is 2.03. The first-order valence-electron chi connectivity index (χ1n) is 7.05. The first kappa shape index (κ1) is 13.3. The summed E-state index contributed by atoms with van der Waals surface area (Å²) >= 11 is 0. The van der Waals surface area contributed by atoms with Crippen LogP contribution < -0.4 is 0 Å². The van der Waals surface area contributed by atoms with Gasteiger partial charge in [0, 0.05) is 26.2 Å². The molecule has 0 unspecified atom stereocenters. The lowest BCUT2D eigenvalue weighted by Crippen LogP contribution is -2.38. The predicted molar refractivity (Wildman–Crippen MR) is 70.4 cm³/mol. The molecule has 17 heavy (non-hydrogen) atoms. The molecule has 2 aliphatic rings. The van der Waals surface area contributed by atoms with E-state index >= 15 is 0 Å². The van der Waals surface area contributed by atoms with Gasteiger partial charge in [0.15, 0.2) is 0 Å². The minimum Gasteiger partial charge on any atom is -0.379 e. The Hall–Kier alpha value is -0.160. The quantitative estimate of drug-likeness (QED) is 0.707. The molecule has 2 aliphatic heterocycles. The van der Waals surface area contributed by atoms with Crippen molar-refractivity contribution in [3.8, 4) is 0 Å². The Balaban J connectivity index is 1.57. The number of hydrogen-bond acceptors (Lipinski definition) is 4. The van der Waals surface area contributed by atoms with E-state index in [1.807, 2.05) is 0 Å². The van der Waals surface area contributed by atoms with Crippen molar-refractivity contribution in [2.45, 2.75) is 12.8 Å². The molecule has 2 saturated heterocycles. The molecule has 0 radical (unpaired) electrons. The second-order valence-electron chi connectivity index (χ2n) is 5.31. The van der Waals surface area contributed by atoms with Gasteiger partial charge in [-0.3, -0.25) is 4.90 Å². The number of nitrogens with zero attached hydrogens (tertiary/aromatic N) is 3. The van der Waals surface area contributed by atoms with Gasteiger partial charge in [0.1, 0.15) is 0 Å². The molecule has 0 bridgehead atoms. The summed E-state index contributed by atoms with van der Waals surface area (Å²) in [5.41, 5.74) is 0. The SMILES string of the molecule is CN1CCCN(CCCN2CCOCC2)CC1. The molecule has 2 fully saturated rings. The number of ether oxygens (including phenoxy) is 1. The molecule has 0 aromatic heterocycles. The third-order valence-corrected chi connectivity index (χ3v) is 3.86. The number of hydrogen-bond donors (Lipinski definition) is 0. The summed E-state index contributed by atoms with van der Waals surface area (Å²) in [6, 6.07) is 0. The summed E-state index contributed by atoms with van der Waals surface area (Å²) in [4.78, 5) is 7.61. The van der Waals surface area contributed by atoms with Gasteiger partial charge in [-0.25, -0.2) is 0 Å². The molecule has 0 aromatic carbocycles. The van der Waals surface area contributed by atoms with Crippen molar-refractivity contribution in [1.29, 1.82) is 0 Å². The van der Waals surface area contributed by atoms with Crippen molar-refractivity contribution in [3.05, 3.63) is 0 Å². The van der Waals surface area contributed by atoms with E-state index in [-0.39, 0.29) is 0 Å². The van der Waals surface area contributed by atoms with Gasteiger partial charge < -0.3 is 14.5 Å². The Kier molecular flexibility index (Phi) is 5.71. The van der Waals surface area contributed by atoms with Crippen molar-refractivity contribution in [2.24, 2.45) is 0 Å². The molecule has 4 nitrogen and oxygen atoms in total. The molecule has 0 saturated carbocycles. The maximum Gasteiger partial charge on any atom is 0.0594 e. The van der Waals surface area contributed by atoms with Gasteiger partial charge >= 0.3 is 0 Å². The molecule has 0 aliphatic carbocycles. The smallest absolute Gasteiger partial charge is 0.0594 e. The van der Waals surface area contributed by atoms with Gasteiger partial charge in [-0.2, -0.15) is 0 Å². The standard InChI is InChI=1S/C13H27N3O/c1-14-4-2-5-15(9-8-14)6-3-7-16-10-12-17-13-11-16/h2-13H2,1H3. The zero-order valence-corrected chi connectivity index (χ0v) is 11.2. The highest BCUT2D eigenvalue weighted by molar-refractivity contribution is 4.69. The monoisotopic (exact) mass is 241 g/mol. The van der Waals surface area contributed by atoms with Gasteiger partial charge in [0.25, 0.3) is 0 Å². The van der Waals surface area contributed by atoms with Crippen LogP contribution in [0.5, 0.6) is 0 Å². The van der Waals surface area contributed by atoms with Crippen LogP contribution in [0.4, 0.5) is 0 Å².